The first kappa shape index (κ1) is 10.8. The topological polar surface area (TPSA) is 56.3 Å². The second-order valence-electron chi connectivity index (χ2n) is 4.08. The summed E-state index contributed by atoms with van der Waals surface area (Å²) in [6.45, 7) is 3.83. The summed E-state index contributed by atoms with van der Waals surface area (Å²) in [4.78, 5) is 10.5. The largest absolute Gasteiger partial charge is 0.456 e. The fraction of sp³-hybridized carbons (Fsp3) is 0.0714. The van der Waals surface area contributed by atoms with Gasteiger partial charge in [0.25, 0.3) is 5.69 Å². The van der Waals surface area contributed by atoms with E-state index in [4.69, 9.17) is 4.42 Å². The summed E-state index contributed by atoms with van der Waals surface area (Å²) in [5.41, 5.74) is 2.16. The van der Waals surface area contributed by atoms with Gasteiger partial charge in [-0.25, -0.2) is 0 Å². The lowest BCUT2D eigenvalue weighted by molar-refractivity contribution is -0.384. The Morgan fingerprint density at radius 2 is 2.00 bits per heavy atom. The van der Waals surface area contributed by atoms with Crippen LogP contribution < -0.4 is 0 Å². The number of para-hydroxylation sites is 1. The third kappa shape index (κ3) is 1.46. The van der Waals surface area contributed by atoms with Gasteiger partial charge in [-0.15, -0.1) is 0 Å². The lowest BCUT2D eigenvalue weighted by atomic mass is 10.0. The van der Waals surface area contributed by atoms with Crippen LogP contribution in [0.4, 0.5) is 5.69 Å². The summed E-state index contributed by atoms with van der Waals surface area (Å²) in [6.07, 6.45) is 0.488. The maximum atomic E-state index is 10.9. The quantitative estimate of drug-likeness (QED) is 0.504. The minimum atomic E-state index is -0.411. The number of benzene rings is 2. The highest BCUT2D eigenvalue weighted by Gasteiger charge is 2.16. The maximum absolute atomic E-state index is 10.9. The van der Waals surface area contributed by atoms with Crippen molar-refractivity contribution in [2.75, 3.05) is 0 Å². The normalized spacial score (nSPS) is 11.2. The molecule has 0 saturated heterocycles. The average Bonchev–Trinajstić information content (AvgIpc) is 2.75. The van der Waals surface area contributed by atoms with Crippen LogP contribution in [-0.2, 0) is 6.42 Å². The molecule has 0 unspecified atom stereocenters. The number of nitro benzene ring substituents is 1. The van der Waals surface area contributed by atoms with Crippen molar-refractivity contribution in [1.82, 2.24) is 0 Å². The van der Waals surface area contributed by atoms with E-state index >= 15 is 0 Å². The first-order chi connectivity index (χ1) is 8.70. The zero-order valence-corrected chi connectivity index (χ0v) is 9.55. The van der Waals surface area contributed by atoms with Crippen LogP contribution in [0.2, 0.25) is 0 Å². The number of non-ortho nitro benzene ring substituents is 1. The fourth-order valence-corrected chi connectivity index (χ4v) is 2.23. The highest BCUT2D eigenvalue weighted by atomic mass is 16.6. The molecule has 0 aliphatic heterocycles. The van der Waals surface area contributed by atoms with E-state index in [-0.39, 0.29) is 5.69 Å². The van der Waals surface area contributed by atoms with Crippen molar-refractivity contribution in [1.29, 1.82) is 0 Å². The molecule has 3 aromatic rings. The zero-order valence-electron chi connectivity index (χ0n) is 9.55. The number of rotatable bonds is 2. The smallest absolute Gasteiger partial charge is 0.273 e. The second-order valence-corrected chi connectivity index (χ2v) is 4.08. The SMILES string of the molecule is [CH2]Cc1cc([N+](=O)[O-])cc2oc3ccccc3c12. The molecule has 89 valence electrons. The molecule has 18 heavy (non-hydrogen) atoms. The Morgan fingerprint density at radius 1 is 1.22 bits per heavy atom. The molecule has 3 rings (SSSR count). The van der Waals surface area contributed by atoms with E-state index in [9.17, 15) is 10.1 Å². The van der Waals surface area contributed by atoms with Gasteiger partial charge in [0, 0.05) is 16.8 Å². The van der Waals surface area contributed by atoms with Gasteiger partial charge in [-0.2, -0.15) is 0 Å². The molecule has 0 aliphatic carbocycles. The lowest BCUT2D eigenvalue weighted by Gasteiger charge is -1.99. The van der Waals surface area contributed by atoms with Crippen LogP contribution in [0.3, 0.4) is 0 Å². The van der Waals surface area contributed by atoms with E-state index in [0.717, 1.165) is 21.9 Å². The molecule has 1 heterocycles. The zero-order chi connectivity index (χ0) is 12.7. The van der Waals surface area contributed by atoms with Gasteiger partial charge in [-0.05, 0) is 25.0 Å². The van der Waals surface area contributed by atoms with Crippen molar-refractivity contribution < 1.29 is 9.34 Å². The first-order valence-electron chi connectivity index (χ1n) is 5.58. The molecule has 4 heteroatoms. The fourth-order valence-electron chi connectivity index (χ4n) is 2.23. The summed E-state index contributed by atoms with van der Waals surface area (Å²) < 4.78 is 5.65. The first-order valence-corrected chi connectivity index (χ1v) is 5.58. The monoisotopic (exact) mass is 240 g/mol. The summed E-state index contributed by atoms with van der Waals surface area (Å²) in [5.74, 6) is 0. The number of hydrogen-bond acceptors (Lipinski definition) is 3. The Kier molecular flexibility index (Phi) is 2.30. The molecular weight excluding hydrogens is 230 g/mol. The predicted octanol–water partition coefficient (Wildman–Crippen LogP) is 3.87. The highest BCUT2D eigenvalue weighted by Crippen LogP contribution is 2.34. The Balaban J connectivity index is 2.47. The second kappa shape index (κ2) is 3.84. The third-order valence-electron chi connectivity index (χ3n) is 3.03. The van der Waals surface area contributed by atoms with Crippen LogP contribution in [0, 0.1) is 17.0 Å². The standard InChI is InChI=1S/C14H10NO3/c1-2-9-7-10(15(16)17)8-13-14(9)11-5-3-4-6-12(11)18-13/h3-8H,1-2H2. The summed E-state index contributed by atoms with van der Waals surface area (Å²) >= 11 is 0. The molecule has 0 amide bonds. The molecule has 0 atom stereocenters. The summed E-state index contributed by atoms with van der Waals surface area (Å²) in [7, 11) is 0. The van der Waals surface area contributed by atoms with E-state index in [1.54, 1.807) is 6.07 Å². The molecular formula is C14H10NO3. The predicted molar refractivity (Wildman–Crippen MR) is 69.4 cm³/mol. The van der Waals surface area contributed by atoms with Gasteiger partial charge in [0.2, 0.25) is 0 Å². The molecule has 0 saturated carbocycles. The molecule has 1 radical (unpaired) electrons. The third-order valence-corrected chi connectivity index (χ3v) is 3.03. The molecule has 0 fully saturated rings. The molecule has 0 spiro atoms. The van der Waals surface area contributed by atoms with Crippen LogP contribution in [0.15, 0.2) is 40.8 Å². The summed E-state index contributed by atoms with van der Waals surface area (Å²) in [5, 5.41) is 12.8. The van der Waals surface area contributed by atoms with Crippen LogP contribution in [0.25, 0.3) is 21.9 Å². The van der Waals surface area contributed by atoms with Crippen LogP contribution in [0.1, 0.15) is 5.56 Å². The van der Waals surface area contributed by atoms with E-state index in [1.807, 2.05) is 24.3 Å². The van der Waals surface area contributed by atoms with Gasteiger partial charge in [0.05, 0.1) is 11.0 Å². The Hall–Kier alpha value is -2.36. The number of furan rings is 1. The number of nitrogens with zero attached hydrogens (tertiary/aromatic N) is 1. The van der Waals surface area contributed by atoms with Crippen LogP contribution >= 0.6 is 0 Å². The summed E-state index contributed by atoms with van der Waals surface area (Å²) in [6, 6.07) is 10.6. The van der Waals surface area contributed by atoms with Crippen molar-refractivity contribution in [3.05, 3.63) is 59.0 Å². The van der Waals surface area contributed by atoms with Gasteiger partial charge in [-0.3, -0.25) is 10.1 Å². The van der Waals surface area contributed by atoms with Gasteiger partial charge >= 0.3 is 0 Å². The van der Waals surface area contributed by atoms with E-state index in [1.165, 1.54) is 6.07 Å². The maximum Gasteiger partial charge on any atom is 0.273 e. The molecule has 0 N–H and O–H groups in total. The van der Waals surface area contributed by atoms with Gasteiger partial charge in [0.15, 0.2) is 0 Å². The van der Waals surface area contributed by atoms with E-state index < -0.39 is 4.92 Å². The van der Waals surface area contributed by atoms with Gasteiger partial charge < -0.3 is 4.42 Å². The lowest BCUT2D eigenvalue weighted by Crippen LogP contribution is -1.90. The van der Waals surface area contributed by atoms with E-state index in [0.29, 0.717) is 12.0 Å². The van der Waals surface area contributed by atoms with E-state index in [2.05, 4.69) is 6.92 Å². The minimum absolute atomic E-state index is 0.0419. The van der Waals surface area contributed by atoms with Crippen LogP contribution in [-0.4, -0.2) is 4.92 Å². The highest BCUT2D eigenvalue weighted by molar-refractivity contribution is 6.07. The van der Waals surface area contributed by atoms with Crippen LogP contribution in [0.5, 0.6) is 0 Å². The Labute approximate surface area is 103 Å². The van der Waals surface area contributed by atoms with Crippen molar-refractivity contribution in [2.45, 2.75) is 6.42 Å². The molecule has 1 aromatic heterocycles. The number of hydrogen-bond donors (Lipinski definition) is 0. The Bertz CT molecular complexity index is 758. The van der Waals surface area contributed by atoms with Crippen molar-refractivity contribution in [3.8, 4) is 0 Å². The Morgan fingerprint density at radius 3 is 2.72 bits per heavy atom. The van der Waals surface area contributed by atoms with Gasteiger partial charge in [0.1, 0.15) is 11.2 Å². The minimum Gasteiger partial charge on any atom is -0.456 e. The molecule has 0 aliphatic rings. The van der Waals surface area contributed by atoms with Gasteiger partial charge in [-0.1, -0.05) is 18.2 Å². The molecule has 0 bridgehead atoms. The average molecular weight is 240 g/mol. The van der Waals surface area contributed by atoms with Crippen molar-refractivity contribution in [2.24, 2.45) is 0 Å². The van der Waals surface area contributed by atoms with Crippen molar-refractivity contribution in [3.63, 3.8) is 0 Å². The molecule has 4 nitrogen and oxygen atoms in total. The number of nitro groups is 1. The van der Waals surface area contributed by atoms with Crippen molar-refractivity contribution >= 4 is 27.6 Å². The number of fused-ring (bicyclic) bond motifs is 3. The molecule has 2 aromatic carbocycles.